The van der Waals surface area contributed by atoms with E-state index in [1.807, 2.05) is 0 Å². The van der Waals surface area contributed by atoms with Crippen molar-refractivity contribution >= 4 is 11.1 Å². The molecule has 1 aliphatic rings. The Morgan fingerprint density at radius 3 is 2.38 bits per heavy atom. The van der Waals surface area contributed by atoms with E-state index < -0.39 is 0 Å². The number of rotatable bonds is 5. The summed E-state index contributed by atoms with van der Waals surface area (Å²) in [6, 6.07) is 23.8. The highest BCUT2D eigenvalue weighted by Gasteiger charge is 2.20. The Kier molecular flexibility index (Phi) is 5.82. The molecule has 0 aromatic heterocycles. The van der Waals surface area contributed by atoms with Gasteiger partial charge in [-0.3, -0.25) is 0 Å². The van der Waals surface area contributed by atoms with Crippen molar-refractivity contribution in [3.8, 4) is 5.75 Å². The fourth-order valence-corrected chi connectivity index (χ4v) is 4.14. The molecule has 29 heavy (non-hydrogen) atoms. The van der Waals surface area contributed by atoms with Crippen LogP contribution in [-0.2, 0) is 12.8 Å². The maximum atomic E-state index is 9.18. The normalized spacial score (nSPS) is 13.6. The van der Waals surface area contributed by atoms with Crippen LogP contribution in [0, 0.1) is 13.8 Å². The summed E-state index contributed by atoms with van der Waals surface area (Å²) in [4.78, 5) is 0. The van der Waals surface area contributed by atoms with E-state index in [0.29, 0.717) is 13.0 Å². The zero-order valence-corrected chi connectivity index (χ0v) is 17.2. The second-order valence-electron chi connectivity index (χ2n) is 7.84. The number of benzene rings is 3. The molecular formula is C27H28O2. The smallest absolute Gasteiger partial charge is 0.127 e. The van der Waals surface area contributed by atoms with Gasteiger partial charge in [0, 0.05) is 18.6 Å². The Hall–Kier alpha value is -2.84. The summed E-state index contributed by atoms with van der Waals surface area (Å²) in [7, 11) is 0. The van der Waals surface area contributed by atoms with E-state index in [1.54, 1.807) is 0 Å². The molecular weight excluding hydrogens is 356 g/mol. The van der Waals surface area contributed by atoms with Gasteiger partial charge in [0.05, 0.1) is 6.61 Å². The molecule has 1 aliphatic heterocycles. The van der Waals surface area contributed by atoms with Crippen LogP contribution in [0.15, 0.2) is 66.7 Å². The predicted molar refractivity (Wildman–Crippen MR) is 120 cm³/mol. The number of aryl methyl sites for hydroxylation is 2. The van der Waals surface area contributed by atoms with Crippen molar-refractivity contribution in [2.24, 2.45) is 0 Å². The highest BCUT2D eigenvalue weighted by molar-refractivity contribution is 5.94. The number of ether oxygens (including phenoxy) is 1. The van der Waals surface area contributed by atoms with E-state index in [1.165, 1.54) is 44.5 Å². The van der Waals surface area contributed by atoms with E-state index in [-0.39, 0.29) is 6.61 Å². The van der Waals surface area contributed by atoms with Gasteiger partial charge >= 0.3 is 0 Å². The highest BCUT2D eigenvalue weighted by Crippen LogP contribution is 2.40. The lowest BCUT2D eigenvalue weighted by Gasteiger charge is -2.17. The lowest BCUT2D eigenvalue weighted by Crippen LogP contribution is -1.99. The molecule has 1 heterocycles. The van der Waals surface area contributed by atoms with Gasteiger partial charge in [-0.1, -0.05) is 60.7 Å². The van der Waals surface area contributed by atoms with Crippen LogP contribution in [0.4, 0.5) is 0 Å². The molecule has 0 radical (unpaired) electrons. The topological polar surface area (TPSA) is 29.5 Å². The molecule has 148 valence electrons. The van der Waals surface area contributed by atoms with E-state index in [9.17, 15) is 5.11 Å². The van der Waals surface area contributed by atoms with Gasteiger partial charge in [0.1, 0.15) is 5.75 Å². The van der Waals surface area contributed by atoms with Crippen molar-refractivity contribution in [2.45, 2.75) is 33.1 Å². The van der Waals surface area contributed by atoms with Crippen molar-refractivity contribution in [2.75, 3.05) is 13.2 Å². The first kappa shape index (κ1) is 19.5. The first-order chi connectivity index (χ1) is 14.2. The summed E-state index contributed by atoms with van der Waals surface area (Å²) < 4.78 is 6.17. The third-order valence-electron chi connectivity index (χ3n) is 5.71. The van der Waals surface area contributed by atoms with Crippen LogP contribution < -0.4 is 4.74 Å². The summed E-state index contributed by atoms with van der Waals surface area (Å²) in [5, 5.41) is 9.18. The molecule has 4 rings (SSSR count). The van der Waals surface area contributed by atoms with Gasteiger partial charge in [-0.25, -0.2) is 0 Å². The average Bonchev–Trinajstić information content (AvgIpc) is 2.89. The lowest BCUT2D eigenvalue weighted by molar-refractivity contribution is 0.299. The summed E-state index contributed by atoms with van der Waals surface area (Å²) in [6.07, 6.45) is 2.46. The predicted octanol–water partition coefficient (Wildman–Crippen LogP) is 5.77. The molecule has 3 aromatic carbocycles. The molecule has 0 fully saturated rings. The second-order valence-corrected chi connectivity index (χ2v) is 7.84. The average molecular weight is 385 g/mol. The van der Waals surface area contributed by atoms with E-state index in [4.69, 9.17) is 4.74 Å². The van der Waals surface area contributed by atoms with Gasteiger partial charge in [0.15, 0.2) is 0 Å². The van der Waals surface area contributed by atoms with Gasteiger partial charge in [-0.05, 0) is 71.7 Å². The molecule has 0 atom stereocenters. The second kappa shape index (κ2) is 8.67. The number of aliphatic hydroxyl groups is 1. The van der Waals surface area contributed by atoms with Crippen molar-refractivity contribution in [3.63, 3.8) is 0 Å². The fraction of sp³-hybridized carbons (Fsp3) is 0.259. The van der Waals surface area contributed by atoms with Gasteiger partial charge < -0.3 is 9.84 Å². The Balaban J connectivity index is 1.83. The third-order valence-corrected chi connectivity index (χ3v) is 5.71. The molecule has 0 spiro atoms. The lowest BCUT2D eigenvalue weighted by atomic mass is 9.87. The Morgan fingerprint density at radius 2 is 1.62 bits per heavy atom. The molecule has 0 unspecified atom stereocenters. The Bertz CT molecular complexity index is 1030. The minimum atomic E-state index is 0.187. The monoisotopic (exact) mass is 384 g/mol. The maximum absolute atomic E-state index is 9.18. The first-order valence-electron chi connectivity index (χ1n) is 10.4. The van der Waals surface area contributed by atoms with Gasteiger partial charge in [0.2, 0.25) is 0 Å². The Morgan fingerprint density at radius 1 is 0.862 bits per heavy atom. The van der Waals surface area contributed by atoms with Crippen LogP contribution in [0.2, 0.25) is 0 Å². The van der Waals surface area contributed by atoms with Crippen molar-refractivity contribution < 1.29 is 9.84 Å². The van der Waals surface area contributed by atoms with Crippen LogP contribution in [-0.4, -0.2) is 18.3 Å². The minimum Gasteiger partial charge on any atom is -0.493 e. The van der Waals surface area contributed by atoms with Crippen LogP contribution >= 0.6 is 0 Å². The SMILES string of the molecule is Cc1ccc2c(c1)OCCC(c1ccccc1C)=C2Cc1ccc(CCO)cc1. The number of hydrogen-bond donors (Lipinski definition) is 1. The Labute approximate surface area is 173 Å². The zero-order valence-electron chi connectivity index (χ0n) is 17.2. The van der Waals surface area contributed by atoms with Gasteiger partial charge in [-0.2, -0.15) is 0 Å². The molecule has 0 saturated carbocycles. The molecule has 2 heteroatoms. The molecule has 0 bridgehead atoms. The summed E-state index contributed by atoms with van der Waals surface area (Å²) in [6.45, 7) is 5.18. The van der Waals surface area contributed by atoms with Crippen LogP contribution in [0.5, 0.6) is 5.75 Å². The number of aliphatic hydroxyl groups excluding tert-OH is 1. The van der Waals surface area contributed by atoms with E-state index in [2.05, 4.69) is 80.6 Å². The van der Waals surface area contributed by atoms with Crippen molar-refractivity contribution in [1.29, 1.82) is 0 Å². The quantitative estimate of drug-likeness (QED) is 0.605. The number of allylic oxidation sites excluding steroid dienone is 1. The molecule has 3 aromatic rings. The molecule has 0 amide bonds. The minimum absolute atomic E-state index is 0.187. The summed E-state index contributed by atoms with van der Waals surface area (Å²) in [5.74, 6) is 0.987. The van der Waals surface area contributed by atoms with Gasteiger partial charge in [-0.15, -0.1) is 0 Å². The molecule has 0 aliphatic carbocycles. The first-order valence-corrected chi connectivity index (χ1v) is 10.4. The molecule has 0 saturated heterocycles. The number of hydrogen-bond acceptors (Lipinski definition) is 2. The van der Waals surface area contributed by atoms with Crippen LogP contribution in [0.3, 0.4) is 0 Å². The third kappa shape index (κ3) is 4.28. The summed E-state index contributed by atoms with van der Waals surface area (Å²) >= 11 is 0. The van der Waals surface area contributed by atoms with Gasteiger partial charge in [0.25, 0.3) is 0 Å². The fourth-order valence-electron chi connectivity index (χ4n) is 4.14. The van der Waals surface area contributed by atoms with Crippen molar-refractivity contribution in [1.82, 2.24) is 0 Å². The van der Waals surface area contributed by atoms with Crippen LogP contribution in [0.1, 0.15) is 39.8 Å². The van der Waals surface area contributed by atoms with E-state index in [0.717, 1.165) is 18.6 Å². The largest absolute Gasteiger partial charge is 0.493 e. The summed E-state index contributed by atoms with van der Waals surface area (Å²) in [5.41, 5.74) is 10.2. The molecule has 1 N–H and O–H groups in total. The molecule has 2 nitrogen and oxygen atoms in total. The number of fused-ring (bicyclic) bond motifs is 1. The standard InChI is InChI=1S/C27H28O2/c1-19-7-12-25-26(18-22-10-8-21(9-11-22)13-15-28)24(14-16-29-27(25)17-19)23-6-4-3-5-20(23)2/h3-12,17,28H,13-16,18H2,1-2H3. The zero-order chi connectivity index (χ0) is 20.2. The van der Waals surface area contributed by atoms with Crippen molar-refractivity contribution in [3.05, 3.63) is 100 Å². The highest BCUT2D eigenvalue weighted by atomic mass is 16.5. The maximum Gasteiger partial charge on any atom is 0.127 e. The van der Waals surface area contributed by atoms with Crippen LogP contribution in [0.25, 0.3) is 11.1 Å². The van der Waals surface area contributed by atoms with E-state index >= 15 is 0 Å².